The largest absolute Gasteiger partial charge is 0.484 e. The first-order valence-corrected chi connectivity index (χ1v) is 13.7. The Labute approximate surface area is 214 Å². The number of nitrogens with zero attached hydrogens (tertiary/aromatic N) is 2. The van der Waals surface area contributed by atoms with Crippen molar-refractivity contribution in [2.24, 2.45) is 0 Å². The van der Waals surface area contributed by atoms with E-state index in [1.165, 1.54) is 37.8 Å². The molecule has 0 spiro atoms. The zero-order valence-corrected chi connectivity index (χ0v) is 21.4. The molecule has 0 bridgehead atoms. The smallest absolute Gasteiger partial charge is 0.330 e. The Kier molecular flexibility index (Phi) is 7.68. The van der Waals surface area contributed by atoms with E-state index in [-0.39, 0.29) is 6.61 Å². The molecular weight excluding hydrogens is 506 g/mol. The number of aryl methyl sites for hydroxylation is 1. The van der Waals surface area contributed by atoms with Crippen LogP contribution < -0.4 is 10.1 Å². The second-order valence-corrected chi connectivity index (χ2v) is 11.6. The third kappa shape index (κ3) is 5.63. The quantitative estimate of drug-likeness (QED) is 0.230. The van der Waals surface area contributed by atoms with Gasteiger partial charge in [-0.1, -0.05) is 41.6 Å². The van der Waals surface area contributed by atoms with Gasteiger partial charge in [0.1, 0.15) is 17.2 Å². The molecule has 4 rings (SSSR count). The number of nitrogens with one attached hydrogen (secondary N) is 1. The highest BCUT2D eigenvalue weighted by atomic mass is 33.1. The van der Waals surface area contributed by atoms with Gasteiger partial charge in [0.05, 0.1) is 10.2 Å². The molecular formula is C24H23N3O5S3. The van der Waals surface area contributed by atoms with Gasteiger partial charge in [0.15, 0.2) is 17.0 Å². The fourth-order valence-corrected chi connectivity index (χ4v) is 7.64. The Morgan fingerprint density at radius 1 is 1.29 bits per heavy atom. The van der Waals surface area contributed by atoms with Crippen LogP contribution in [0.5, 0.6) is 5.75 Å². The average molecular weight is 530 g/mol. The highest BCUT2D eigenvalue weighted by molar-refractivity contribution is 8.77. The van der Waals surface area contributed by atoms with Crippen LogP contribution in [0.1, 0.15) is 12.5 Å². The molecule has 2 amide bonds. The number of aromatic nitrogens is 1. The number of hydrogen-bond donors (Lipinski definition) is 2. The number of carboxylic acids is 1. The number of hydrogen-bond acceptors (Lipinski definition) is 8. The molecule has 182 valence electrons. The van der Waals surface area contributed by atoms with Crippen LogP contribution in [-0.4, -0.2) is 56.8 Å². The van der Waals surface area contributed by atoms with Crippen LogP contribution in [0, 0.1) is 6.92 Å². The molecule has 3 unspecified atom stereocenters. The molecule has 0 radical (unpaired) electrons. The zero-order valence-electron chi connectivity index (χ0n) is 19.0. The van der Waals surface area contributed by atoms with Gasteiger partial charge < -0.3 is 20.1 Å². The molecule has 2 heterocycles. The van der Waals surface area contributed by atoms with E-state index in [9.17, 15) is 19.5 Å². The van der Waals surface area contributed by atoms with Crippen molar-refractivity contribution in [1.82, 2.24) is 15.2 Å². The number of amides is 2. The number of rotatable bonds is 10. The van der Waals surface area contributed by atoms with Crippen LogP contribution in [0.2, 0.25) is 0 Å². The second kappa shape index (κ2) is 10.7. The van der Waals surface area contributed by atoms with Gasteiger partial charge in [-0.15, -0.1) is 11.3 Å². The molecule has 3 atom stereocenters. The van der Waals surface area contributed by atoms with Gasteiger partial charge >= 0.3 is 5.97 Å². The second-order valence-electron chi connectivity index (χ2n) is 8.00. The fraction of sp³-hybridized carbons (Fsp3) is 0.250. The van der Waals surface area contributed by atoms with Gasteiger partial charge in [-0.3, -0.25) is 9.59 Å². The number of thiazole rings is 1. The number of carbonyl (C=O) groups is 3. The van der Waals surface area contributed by atoms with Crippen LogP contribution >= 0.6 is 32.9 Å². The summed E-state index contributed by atoms with van der Waals surface area (Å²) in [6.07, 6.45) is 0. The lowest BCUT2D eigenvalue weighted by molar-refractivity contribution is -0.159. The van der Waals surface area contributed by atoms with Crippen molar-refractivity contribution < 1.29 is 24.2 Å². The number of ether oxygens (including phenoxy) is 1. The normalized spacial score (nSPS) is 18.1. The number of carbonyl (C=O) groups excluding carboxylic acids is 2. The molecule has 11 heteroatoms. The van der Waals surface area contributed by atoms with Gasteiger partial charge in [0, 0.05) is 0 Å². The summed E-state index contributed by atoms with van der Waals surface area (Å²) in [7, 11) is 2.63. The topological polar surface area (TPSA) is 109 Å². The molecule has 8 nitrogen and oxygen atoms in total. The van der Waals surface area contributed by atoms with E-state index in [4.69, 9.17) is 4.74 Å². The van der Waals surface area contributed by atoms with Gasteiger partial charge in [-0.25, -0.2) is 9.78 Å². The number of benzene rings is 2. The number of aliphatic carboxylic acids is 1. The van der Waals surface area contributed by atoms with Gasteiger partial charge in [-0.05, 0) is 60.0 Å². The maximum Gasteiger partial charge on any atom is 0.330 e. The number of para-hydroxylation sites is 1. The predicted octanol–water partition coefficient (Wildman–Crippen LogP) is 4.11. The molecule has 1 aliphatic rings. The minimum Gasteiger partial charge on any atom is -0.484 e. The summed E-state index contributed by atoms with van der Waals surface area (Å²) in [6, 6.07) is 12.8. The van der Waals surface area contributed by atoms with Crippen molar-refractivity contribution in [2.45, 2.75) is 35.6 Å². The molecule has 2 N–H and O–H groups in total. The molecule has 1 fully saturated rings. The van der Waals surface area contributed by atoms with Crippen molar-refractivity contribution in [3.8, 4) is 5.75 Å². The standard InChI is InChI=1S/C24H23N3O5S3/c1-13(2)20(23(30)31)27-21(29)19(26-18(28)12-32-15-7-5-4-6-8-15)22(27)34-35-24-25-16-10-9-14(3)11-17(16)33-24/h4-11,19-20,22H,1,12H2,2-3H3,(H,26,28)(H,30,31). The van der Waals surface area contributed by atoms with Crippen molar-refractivity contribution in [1.29, 1.82) is 0 Å². The zero-order chi connectivity index (χ0) is 25.1. The summed E-state index contributed by atoms with van der Waals surface area (Å²) in [5, 5.41) is 11.8. The lowest BCUT2D eigenvalue weighted by Gasteiger charge is -2.48. The molecule has 0 aliphatic carbocycles. The van der Waals surface area contributed by atoms with Crippen LogP contribution in [0.15, 0.2) is 65.0 Å². The van der Waals surface area contributed by atoms with Crippen LogP contribution in [0.25, 0.3) is 10.2 Å². The Balaban J connectivity index is 1.48. The maximum atomic E-state index is 13.0. The van der Waals surface area contributed by atoms with Gasteiger partial charge in [-0.2, -0.15) is 0 Å². The Hall–Kier alpha value is -3.02. The van der Waals surface area contributed by atoms with Crippen LogP contribution in [0.4, 0.5) is 0 Å². The SMILES string of the molecule is C=C(C)C(C(=O)O)N1C(=O)C(NC(=O)COc2ccccc2)C1SSc1nc2ccc(C)cc2s1. The van der Waals surface area contributed by atoms with Crippen LogP contribution in [-0.2, 0) is 14.4 Å². The van der Waals surface area contributed by atoms with E-state index < -0.39 is 35.2 Å². The van der Waals surface area contributed by atoms with E-state index >= 15 is 0 Å². The fourth-order valence-electron chi connectivity index (χ4n) is 3.58. The van der Waals surface area contributed by atoms with Crippen molar-refractivity contribution >= 4 is 60.9 Å². The Morgan fingerprint density at radius 2 is 2.03 bits per heavy atom. The van der Waals surface area contributed by atoms with Gasteiger partial charge in [0.25, 0.3) is 5.91 Å². The minimum atomic E-state index is -1.19. The molecule has 1 aliphatic heterocycles. The number of carboxylic acid groups (broad SMARTS) is 1. The lowest BCUT2D eigenvalue weighted by Crippen LogP contribution is -2.73. The first-order chi connectivity index (χ1) is 16.7. The molecule has 0 saturated carbocycles. The number of β-lactam (4-membered cyclic amide) rings is 1. The number of likely N-dealkylation sites (tertiary alicyclic amines) is 1. The summed E-state index contributed by atoms with van der Waals surface area (Å²) in [4.78, 5) is 43.2. The molecule has 1 aromatic heterocycles. The van der Waals surface area contributed by atoms with Crippen LogP contribution in [0.3, 0.4) is 0 Å². The predicted molar refractivity (Wildman–Crippen MR) is 139 cm³/mol. The number of fused-ring (bicyclic) bond motifs is 1. The summed E-state index contributed by atoms with van der Waals surface area (Å²) >= 11 is 1.52. The summed E-state index contributed by atoms with van der Waals surface area (Å²) in [5.41, 5.74) is 2.33. The van der Waals surface area contributed by atoms with E-state index in [1.54, 1.807) is 31.2 Å². The summed E-state index contributed by atoms with van der Waals surface area (Å²) in [5.74, 6) is -1.59. The molecule has 3 aromatic rings. The highest BCUT2D eigenvalue weighted by Gasteiger charge is 2.54. The van der Waals surface area contributed by atoms with E-state index in [0.29, 0.717) is 11.3 Å². The van der Waals surface area contributed by atoms with Gasteiger partial charge in [0.2, 0.25) is 5.91 Å². The monoisotopic (exact) mass is 529 g/mol. The maximum absolute atomic E-state index is 13.0. The summed E-state index contributed by atoms with van der Waals surface area (Å²) in [6.45, 7) is 7.06. The summed E-state index contributed by atoms with van der Waals surface area (Å²) < 4.78 is 7.28. The molecule has 35 heavy (non-hydrogen) atoms. The third-order valence-corrected chi connectivity index (χ3v) is 9.24. The van der Waals surface area contributed by atoms with E-state index in [1.807, 2.05) is 25.1 Å². The molecule has 1 saturated heterocycles. The first kappa shape index (κ1) is 25.1. The Morgan fingerprint density at radius 3 is 2.71 bits per heavy atom. The lowest BCUT2D eigenvalue weighted by atomic mass is 9.99. The van der Waals surface area contributed by atoms with Crippen molar-refractivity contribution in [3.05, 3.63) is 66.2 Å². The third-order valence-electron chi connectivity index (χ3n) is 5.23. The van der Waals surface area contributed by atoms with Crippen molar-refractivity contribution in [2.75, 3.05) is 6.61 Å². The average Bonchev–Trinajstić information content (AvgIpc) is 3.23. The van der Waals surface area contributed by atoms with Crippen molar-refractivity contribution in [3.63, 3.8) is 0 Å². The minimum absolute atomic E-state index is 0.265. The molecule has 2 aromatic carbocycles. The highest BCUT2D eigenvalue weighted by Crippen LogP contribution is 2.45. The van der Waals surface area contributed by atoms with E-state index in [0.717, 1.165) is 20.1 Å². The first-order valence-electron chi connectivity index (χ1n) is 10.6. The van der Waals surface area contributed by atoms with E-state index in [2.05, 4.69) is 22.9 Å². The Bertz CT molecular complexity index is 1270.